The summed E-state index contributed by atoms with van der Waals surface area (Å²) >= 11 is 0. The molecule has 0 aliphatic carbocycles. The molecule has 154 valence electrons. The SMILES string of the molecule is Cc1nc(-c2cccc(NC(=O)N3CCC(C(=O)c4ccccc4)CC3)c2)oc1C. The Hall–Kier alpha value is -3.41. The molecule has 2 heterocycles. The van der Waals surface area contributed by atoms with E-state index in [1.54, 1.807) is 4.90 Å². The summed E-state index contributed by atoms with van der Waals surface area (Å²) in [4.78, 5) is 31.5. The van der Waals surface area contributed by atoms with Crippen molar-refractivity contribution in [3.8, 4) is 11.5 Å². The molecule has 1 fully saturated rings. The molecule has 4 rings (SSSR count). The van der Waals surface area contributed by atoms with Gasteiger partial charge in [0.15, 0.2) is 5.78 Å². The Morgan fingerprint density at radius 2 is 1.77 bits per heavy atom. The first-order valence-electron chi connectivity index (χ1n) is 10.2. The minimum atomic E-state index is -0.155. The second-order valence-electron chi connectivity index (χ2n) is 7.66. The van der Waals surface area contributed by atoms with Gasteiger partial charge in [-0.2, -0.15) is 0 Å². The first kappa shape index (κ1) is 19.9. The van der Waals surface area contributed by atoms with E-state index in [-0.39, 0.29) is 17.7 Å². The zero-order chi connectivity index (χ0) is 21.1. The van der Waals surface area contributed by atoms with Crippen LogP contribution >= 0.6 is 0 Å². The number of benzene rings is 2. The highest BCUT2D eigenvalue weighted by atomic mass is 16.4. The van der Waals surface area contributed by atoms with Crippen LogP contribution in [0.4, 0.5) is 10.5 Å². The molecule has 0 bridgehead atoms. The van der Waals surface area contributed by atoms with Crippen LogP contribution in [0, 0.1) is 19.8 Å². The molecule has 2 amide bonds. The van der Waals surface area contributed by atoms with Crippen molar-refractivity contribution in [3.05, 3.63) is 71.6 Å². The van der Waals surface area contributed by atoms with Crippen molar-refractivity contribution >= 4 is 17.5 Å². The average Bonchev–Trinajstić information content (AvgIpc) is 3.12. The van der Waals surface area contributed by atoms with Crippen molar-refractivity contribution in [2.24, 2.45) is 5.92 Å². The lowest BCUT2D eigenvalue weighted by Gasteiger charge is -2.31. The third kappa shape index (κ3) is 4.27. The lowest BCUT2D eigenvalue weighted by Crippen LogP contribution is -2.42. The monoisotopic (exact) mass is 403 g/mol. The van der Waals surface area contributed by atoms with Crippen LogP contribution in [0.5, 0.6) is 0 Å². The first-order chi connectivity index (χ1) is 14.5. The van der Waals surface area contributed by atoms with E-state index in [0.29, 0.717) is 37.5 Å². The number of aryl methyl sites for hydroxylation is 2. The van der Waals surface area contributed by atoms with Gasteiger partial charge in [-0.25, -0.2) is 9.78 Å². The highest BCUT2D eigenvalue weighted by Crippen LogP contribution is 2.25. The van der Waals surface area contributed by atoms with Gasteiger partial charge in [-0.15, -0.1) is 0 Å². The lowest BCUT2D eigenvalue weighted by molar-refractivity contribution is 0.0859. The highest BCUT2D eigenvalue weighted by molar-refractivity contribution is 5.98. The maximum Gasteiger partial charge on any atom is 0.321 e. The molecule has 30 heavy (non-hydrogen) atoms. The van der Waals surface area contributed by atoms with Gasteiger partial charge in [-0.05, 0) is 44.9 Å². The third-order valence-corrected chi connectivity index (χ3v) is 5.60. The molecule has 1 saturated heterocycles. The molecule has 1 aromatic heterocycles. The van der Waals surface area contributed by atoms with Crippen molar-refractivity contribution < 1.29 is 14.0 Å². The van der Waals surface area contributed by atoms with Gasteiger partial charge in [0.05, 0.1) is 5.69 Å². The van der Waals surface area contributed by atoms with Gasteiger partial charge in [0, 0.05) is 35.8 Å². The Kier molecular flexibility index (Phi) is 5.65. The molecule has 3 aromatic rings. The Bertz CT molecular complexity index is 1030. The molecule has 6 nitrogen and oxygen atoms in total. The number of anilines is 1. The van der Waals surface area contributed by atoms with E-state index in [1.807, 2.05) is 68.4 Å². The van der Waals surface area contributed by atoms with E-state index in [2.05, 4.69) is 10.3 Å². The Labute approximate surface area is 175 Å². The molecular weight excluding hydrogens is 378 g/mol. The molecule has 0 atom stereocenters. The van der Waals surface area contributed by atoms with E-state index >= 15 is 0 Å². The summed E-state index contributed by atoms with van der Waals surface area (Å²) in [7, 11) is 0. The summed E-state index contributed by atoms with van der Waals surface area (Å²) < 4.78 is 5.68. The molecule has 0 unspecified atom stereocenters. The van der Waals surface area contributed by atoms with Gasteiger partial charge in [0.1, 0.15) is 5.76 Å². The molecular formula is C24H25N3O3. The number of rotatable bonds is 4. The number of ketones is 1. The Morgan fingerprint density at radius 3 is 2.43 bits per heavy atom. The Morgan fingerprint density at radius 1 is 1.03 bits per heavy atom. The maximum atomic E-state index is 12.7. The number of urea groups is 1. The minimum Gasteiger partial charge on any atom is -0.441 e. The molecule has 1 aliphatic rings. The fourth-order valence-electron chi connectivity index (χ4n) is 3.71. The first-order valence-corrected chi connectivity index (χ1v) is 10.2. The summed E-state index contributed by atoms with van der Waals surface area (Å²) in [6, 6.07) is 16.7. The van der Waals surface area contributed by atoms with Crippen molar-refractivity contribution in [1.29, 1.82) is 0 Å². The van der Waals surface area contributed by atoms with Crippen LogP contribution in [-0.4, -0.2) is 34.8 Å². The number of piperidine rings is 1. The normalized spacial score (nSPS) is 14.5. The van der Waals surface area contributed by atoms with Crippen LogP contribution in [0.3, 0.4) is 0 Å². The van der Waals surface area contributed by atoms with Gasteiger partial charge < -0.3 is 14.6 Å². The predicted octanol–water partition coefficient (Wildman–Crippen LogP) is 5.09. The van der Waals surface area contributed by atoms with Gasteiger partial charge in [0.2, 0.25) is 5.89 Å². The molecule has 0 saturated carbocycles. The summed E-state index contributed by atoms with van der Waals surface area (Å²) in [6.07, 6.45) is 1.35. The average molecular weight is 403 g/mol. The van der Waals surface area contributed by atoms with Crippen LogP contribution in [0.2, 0.25) is 0 Å². The number of oxazole rings is 1. The number of nitrogens with one attached hydrogen (secondary N) is 1. The number of carbonyl (C=O) groups excluding carboxylic acids is 2. The van der Waals surface area contributed by atoms with Crippen molar-refractivity contribution in [2.45, 2.75) is 26.7 Å². The number of hydrogen-bond donors (Lipinski definition) is 1. The fraction of sp³-hybridized carbons (Fsp3) is 0.292. The summed E-state index contributed by atoms with van der Waals surface area (Å²) in [6.45, 7) is 4.91. The standard InChI is InChI=1S/C24H25N3O3/c1-16-17(2)30-23(25-16)20-9-6-10-21(15-20)26-24(29)27-13-11-19(12-14-27)22(28)18-7-4-3-5-8-18/h3-10,15,19H,11-14H2,1-2H3,(H,26,29). The number of nitrogens with zero attached hydrogens (tertiary/aromatic N) is 2. The van der Waals surface area contributed by atoms with E-state index < -0.39 is 0 Å². The zero-order valence-electron chi connectivity index (χ0n) is 17.2. The molecule has 1 aliphatic heterocycles. The second-order valence-corrected chi connectivity index (χ2v) is 7.66. The third-order valence-electron chi connectivity index (χ3n) is 5.60. The Balaban J connectivity index is 1.36. The quantitative estimate of drug-likeness (QED) is 0.616. The van der Waals surface area contributed by atoms with Crippen molar-refractivity contribution in [3.63, 3.8) is 0 Å². The largest absolute Gasteiger partial charge is 0.441 e. The molecule has 0 radical (unpaired) electrons. The number of carbonyl (C=O) groups is 2. The molecule has 2 aromatic carbocycles. The van der Waals surface area contributed by atoms with Crippen LogP contribution in [-0.2, 0) is 0 Å². The maximum absolute atomic E-state index is 12.7. The summed E-state index contributed by atoms with van der Waals surface area (Å²) in [5, 5.41) is 2.95. The van der Waals surface area contributed by atoms with Gasteiger partial charge in [-0.3, -0.25) is 4.79 Å². The van der Waals surface area contributed by atoms with Gasteiger partial charge in [0.25, 0.3) is 0 Å². The van der Waals surface area contributed by atoms with Crippen LogP contribution in [0.15, 0.2) is 59.0 Å². The van der Waals surface area contributed by atoms with E-state index in [1.165, 1.54) is 0 Å². The second kappa shape index (κ2) is 8.53. The van der Waals surface area contributed by atoms with Crippen molar-refractivity contribution in [2.75, 3.05) is 18.4 Å². The van der Waals surface area contributed by atoms with E-state index in [9.17, 15) is 9.59 Å². The van der Waals surface area contributed by atoms with Crippen LogP contribution in [0.25, 0.3) is 11.5 Å². The predicted molar refractivity (Wildman–Crippen MR) is 116 cm³/mol. The van der Waals surface area contributed by atoms with E-state index in [4.69, 9.17) is 4.42 Å². The molecule has 6 heteroatoms. The number of aromatic nitrogens is 1. The zero-order valence-corrected chi connectivity index (χ0v) is 17.2. The minimum absolute atomic E-state index is 0.0312. The summed E-state index contributed by atoms with van der Waals surface area (Å²) in [5.41, 5.74) is 3.10. The number of likely N-dealkylation sites (tertiary alicyclic amines) is 1. The smallest absolute Gasteiger partial charge is 0.321 e. The van der Waals surface area contributed by atoms with Crippen molar-refractivity contribution in [1.82, 2.24) is 9.88 Å². The van der Waals surface area contributed by atoms with Gasteiger partial charge >= 0.3 is 6.03 Å². The molecule has 1 N–H and O–H groups in total. The highest BCUT2D eigenvalue weighted by Gasteiger charge is 2.28. The van der Waals surface area contributed by atoms with E-state index in [0.717, 1.165) is 22.6 Å². The lowest BCUT2D eigenvalue weighted by atomic mass is 9.89. The topological polar surface area (TPSA) is 75.4 Å². The number of Topliss-reactive ketones (excluding diaryl/α,β-unsaturated/α-hetero) is 1. The van der Waals surface area contributed by atoms with Gasteiger partial charge in [-0.1, -0.05) is 36.4 Å². The van der Waals surface area contributed by atoms with Crippen LogP contribution in [0.1, 0.15) is 34.7 Å². The summed E-state index contributed by atoms with van der Waals surface area (Å²) in [5.74, 6) is 1.46. The molecule has 0 spiro atoms. The fourth-order valence-corrected chi connectivity index (χ4v) is 3.71. The van der Waals surface area contributed by atoms with Crippen LogP contribution < -0.4 is 5.32 Å². The number of amides is 2. The number of hydrogen-bond acceptors (Lipinski definition) is 4.